The number of carbonyl (C=O) groups is 1. The number of hydrogen-bond donors (Lipinski definition) is 0. The molecule has 5 heteroatoms. The smallest absolute Gasteiger partial charge is 0.459 e. The molecule has 2 aliphatic rings. The lowest BCUT2D eigenvalue weighted by Gasteiger charge is -2.31. The first-order valence-corrected chi connectivity index (χ1v) is 10.1. The van der Waals surface area contributed by atoms with E-state index in [1.165, 1.54) is 51.4 Å². The van der Waals surface area contributed by atoms with Crippen LogP contribution in [-0.4, -0.2) is 18.8 Å². The van der Waals surface area contributed by atoms with Crippen LogP contribution in [0.2, 0.25) is 0 Å². The SMILES string of the molecule is CCCC1CCC(CCC2CCC(COC(=O)C(F)(F)F)CC2)CC1. The van der Waals surface area contributed by atoms with E-state index >= 15 is 0 Å². The third-order valence-corrected chi connectivity index (χ3v) is 6.29. The van der Waals surface area contributed by atoms with Crippen LogP contribution in [0.5, 0.6) is 0 Å². The van der Waals surface area contributed by atoms with E-state index in [0.29, 0.717) is 5.92 Å². The van der Waals surface area contributed by atoms with Gasteiger partial charge in [0.15, 0.2) is 0 Å². The van der Waals surface area contributed by atoms with Crippen LogP contribution in [0.1, 0.15) is 84.0 Å². The van der Waals surface area contributed by atoms with Gasteiger partial charge in [0.05, 0.1) is 6.61 Å². The lowest BCUT2D eigenvalue weighted by Crippen LogP contribution is -2.28. The van der Waals surface area contributed by atoms with Crippen molar-refractivity contribution in [3.63, 3.8) is 0 Å². The molecule has 2 saturated carbocycles. The molecule has 0 amide bonds. The van der Waals surface area contributed by atoms with Crippen molar-refractivity contribution in [1.29, 1.82) is 0 Å². The van der Waals surface area contributed by atoms with Gasteiger partial charge in [-0.05, 0) is 36.5 Å². The summed E-state index contributed by atoms with van der Waals surface area (Å²) in [5.74, 6) is 0.609. The number of alkyl halides is 3. The van der Waals surface area contributed by atoms with Gasteiger partial charge in [-0.15, -0.1) is 0 Å². The molecule has 0 aliphatic heterocycles. The van der Waals surface area contributed by atoms with E-state index in [9.17, 15) is 18.0 Å². The average Bonchev–Trinajstić information content (AvgIpc) is 2.59. The summed E-state index contributed by atoms with van der Waals surface area (Å²) in [5, 5.41) is 0. The zero-order chi connectivity index (χ0) is 18.3. The molecule has 0 radical (unpaired) electrons. The lowest BCUT2D eigenvalue weighted by atomic mass is 9.75. The minimum atomic E-state index is -4.87. The molecule has 0 aromatic carbocycles. The molecular weight excluding hydrogens is 329 g/mol. The third kappa shape index (κ3) is 7.18. The highest BCUT2D eigenvalue weighted by Crippen LogP contribution is 2.37. The molecule has 0 N–H and O–H groups in total. The molecule has 0 aromatic heterocycles. The van der Waals surface area contributed by atoms with Crippen LogP contribution in [-0.2, 0) is 9.53 Å². The molecule has 2 fully saturated rings. The van der Waals surface area contributed by atoms with E-state index in [1.807, 2.05) is 0 Å². The van der Waals surface area contributed by atoms with Gasteiger partial charge in [-0.25, -0.2) is 4.79 Å². The summed E-state index contributed by atoms with van der Waals surface area (Å²) < 4.78 is 40.8. The summed E-state index contributed by atoms with van der Waals surface area (Å²) in [6.07, 6.45) is 9.87. The Morgan fingerprint density at radius 1 is 0.800 bits per heavy atom. The third-order valence-electron chi connectivity index (χ3n) is 6.29. The van der Waals surface area contributed by atoms with Gasteiger partial charge < -0.3 is 4.74 Å². The number of esters is 1. The van der Waals surface area contributed by atoms with Gasteiger partial charge in [-0.1, -0.05) is 71.1 Å². The van der Waals surface area contributed by atoms with Crippen LogP contribution in [0.3, 0.4) is 0 Å². The standard InChI is InChI=1S/C20H33F3O2/c1-2-3-15-4-6-16(7-5-15)8-9-17-10-12-18(13-11-17)14-25-19(24)20(21,22)23/h15-18H,2-14H2,1H3. The number of ether oxygens (including phenoxy) is 1. The number of rotatable bonds is 7. The first kappa shape index (κ1) is 20.6. The van der Waals surface area contributed by atoms with Crippen LogP contribution in [0.25, 0.3) is 0 Å². The topological polar surface area (TPSA) is 26.3 Å². The predicted molar refractivity (Wildman–Crippen MR) is 92.1 cm³/mol. The molecule has 0 atom stereocenters. The predicted octanol–water partition coefficient (Wildman–Crippen LogP) is 6.29. The minimum absolute atomic E-state index is 0.0769. The molecule has 25 heavy (non-hydrogen) atoms. The summed E-state index contributed by atoms with van der Waals surface area (Å²) in [5.41, 5.74) is 0. The lowest BCUT2D eigenvalue weighted by molar-refractivity contribution is -0.201. The van der Waals surface area contributed by atoms with E-state index in [4.69, 9.17) is 0 Å². The second kappa shape index (κ2) is 9.82. The Kier molecular flexibility index (Phi) is 8.08. The van der Waals surface area contributed by atoms with Crippen molar-refractivity contribution in [2.75, 3.05) is 6.61 Å². The molecule has 0 aromatic rings. The van der Waals surface area contributed by atoms with Gasteiger partial charge in [0.2, 0.25) is 0 Å². The maximum Gasteiger partial charge on any atom is 0.490 e. The van der Waals surface area contributed by atoms with E-state index < -0.39 is 12.1 Å². The van der Waals surface area contributed by atoms with Gasteiger partial charge in [0.25, 0.3) is 0 Å². The van der Waals surface area contributed by atoms with Crippen LogP contribution in [0.4, 0.5) is 13.2 Å². The molecular formula is C20H33F3O2. The molecule has 0 spiro atoms. The Hall–Kier alpha value is -0.740. The van der Waals surface area contributed by atoms with Gasteiger partial charge in [-0.3, -0.25) is 0 Å². The second-order valence-corrected chi connectivity index (χ2v) is 8.24. The van der Waals surface area contributed by atoms with Gasteiger partial charge in [0.1, 0.15) is 0 Å². The molecule has 0 heterocycles. The Balaban J connectivity index is 1.56. The highest BCUT2D eigenvalue weighted by molar-refractivity contribution is 5.75. The van der Waals surface area contributed by atoms with Crippen molar-refractivity contribution in [3.8, 4) is 0 Å². The second-order valence-electron chi connectivity index (χ2n) is 8.24. The fourth-order valence-corrected chi connectivity index (χ4v) is 4.65. The molecule has 2 nitrogen and oxygen atoms in total. The number of hydrogen-bond acceptors (Lipinski definition) is 2. The monoisotopic (exact) mass is 362 g/mol. The van der Waals surface area contributed by atoms with Crippen molar-refractivity contribution in [1.82, 2.24) is 0 Å². The quantitative estimate of drug-likeness (QED) is 0.498. The van der Waals surface area contributed by atoms with Crippen LogP contribution >= 0.6 is 0 Å². The van der Waals surface area contributed by atoms with E-state index in [1.54, 1.807) is 0 Å². The first-order chi connectivity index (χ1) is 11.9. The molecule has 2 aliphatic carbocycles. The van der Waals surface area contributed by atoms with Crippen LogP contribution in [0.15, 0.2) is 0 Å². The summed E-state index contributed by atoms with van der Waals surface area (Å²) >= 11 is 0. The molecule has 2 rings (SSSR count). The van der Waals surface area contributed by atoms with Gasteiger partial charge in [0, 0.05) is 0 Å². The Morgan fingerprint density at radius 2 is 1.20 bits per heavy atom. The van der Waals surface area contributed by atoms with Crippen LogP contribution in [0, 0.1) is 23.7 Å². The number of carbonyl (C=O) groups excluding carboxylic acids is 1. The zero-order valence-electron chi connectivity index (χ0n) is 15.5. The summed E-state index contributed by atoms with van der Waals surface area (Å²) in [7, 11) is 0. The molecule has 0 unspecified atom stereocenters. The molecule has 0 saturated heterocycles. The Morgan fingerprint density at radius 3 is 1.60 bits per heavy atom. The van der Waals surface area contributed by atoms with Crippen molar-refractivity contribution >= 4 is 5.97 Å². The summed E-state index contributed by atoms with van der Waals surface area (Å²) in [4.78, 5) is 10.8. The van der Waals surface area contributed by atoms with Crippen molar-refractivity contribution in [3.05, 3.63) is 0 Å². The molecule has 0 bridgehead atoms. The van der Waals surface area contributed by atoms with Gasteiger partial charge in [-0.2, -0.15) is 13.2 Å². The van der Waals surface area contributed by atoms with Crippen molar-refractivity contribution in [2.45, 2.75) is 90.1 Å². The van der Waals surface area contributed by atoms with Crippen molar-refractivity contribution in [2.24, 2.45) is 23.7 Å². The van der Waals surface area contributed by atoms with Crippen molar-refractivity contribution < 1.29 is 22.7 Å². The van der Waals surface area contributed by atoms with E-state index in [2.05, 4.69) is 11.7 Å². The fourth-order valence-electron chi connectivity index (χ4n) is 4.65. The molecule has 146 valence electrons. The van der Waals surface area contributed by atoms with E-state index in [0.717, 1.165) is 37.5 Å². The number of halogens is 3. The highest BCUT2D eigenvalue weighted by atomic mass is 19.4. The minimum Gasteiger partial charge on any atom is -0.459 e. The largest absolute Gasteiger partial charge is 0.490 e. The zero-order valence-corrected chi connectivity index (χ0v) is 15.5. The maximum atomic E-state index is 12.1. The van der Waals surface area contributed by atoms with Crippen LogP contribution < -0.4 is 0 Å². The normalized spacial score (nSPS) is 30.9. The van der Waals surface area contributed by atoms with Gasteiger partial charge >= 0.3 is 12.1 Å². The Bertz CT molecular complexity index is 392. The van der Waals surface area contributed by atoms with E-state index in [-0.39, 0.29) is 12.5 Å². The average molecular weight is 362 g/mol. The maximum absolute atomic E-state index is 12.1. The Labute approximate surface area is 149 Å². The summed E-state index contributed by atoms with van der Waals surface area (Å²) in [6, 6.07) is 0. The first-order valence-electron chi connectivity index (χ1n) is 10.1. The highest BCUT2D eigenvalue weighted by Gasteiger charge is 2.41. The fraction of sp³-hybridized carbons (Fsp3) is 0.950. The summed E-state index contributed by atoms with van der Waals surface area (Å²) in [6.45, 7) is 2.19.